The van der Waals surface area contributed by atoms with E-state index in [-0.39, 0.29) is 47.6 Å². The second-order valence-corrected chi connectivity index (χ2v) is 7.87. The van der Waals surface area contributed by atoms with Crippen molar-refractivity contribution >= 4 is 29.9 Å². The summed E-state index contributed by atoms with van der Waals surface area (Å²) in [6, 6.07) is 3.43. The van der Waals surface area contributed by atoms with E-state index in [1.165, 1.54) is 6.07 Å². The molecule has 2 N–H and O–H groups in total. The van der Waals surface area contributed by atoms with Crippen LogP contribution in [0, 0.1) is 23.0 Å². The molecule has 0 radical (unpaired) electrons. The fraction of sp³-hybridized carbons (Fsp3) is 0.650. The zero-order chi connectivity index (χ0) is 19.2. The smallest absolute Gasteiger partial charge is 0.191 e. The van der Waals surface area contributed by atoms with Gasteiger partial charge in [0.1, 0.15) is 11.6 Å². The maximum atomic E-state index is 13.8. The molecule has 0 aromatic heterocycles. The molecule has 0 bridgehead atoms. The van der Waals surface area contributed by atoms with Crippen molar-refractivity contribution in [1.82, 2.24) is 10.6 Å². The predicted molar refractivity (Wildman–Crippen MR) is 117 cm³/mol. The third-order valence-electron chi connectivity index (χ3n) is 4.59. The molecular weight excluding hydrogens is 463 g/mol. The van der Waals surface area contributed by atoms with E-state index in [4.69, 9.17) is 4.74 Å². The fourth-order valence-corrected chi connectivity index (χ4v) is 3.41. The van der Waals surface area contributed by atoms with Crippen molar-refractivity contribution in [3.8, 4) is 0 Å². The van der Waals surface area contributed by atoms with Crippen molar-refractivity contribution in [2.24, 2.45) is 16.3 Å². The lowest BCUT2D eigenvalue weighted by molar-refractivity contribution is -0.0835. The van der Waals surface area contributed by atoms with Crippen LogP contribution >= 0.6 is 24.0 Å². The van der Waals surface area contributed by atoms with Crippen LogP contribution in [0.25, 0.3) is 0 Å². The molecule has 0 saturated carbocycles. The highest BCUT2D eigenvalue weighted by Gasteiger charge is 2.35. The molecule has 1 saturated heterocycles. The predicted octanol–water partition coefficient (Wildman–Crippen LogP) is 4.48. The molecule has 1 heterocycles. The lowest BCUT2D eigenvalue weighted by Gasteiger charge is -2.40. The van der Waals surface area contributed by atoms with Gasteiger partial charge in [0.25, 0.3) is 0 Å². The summed E-state index contributed by atoms with van der Waals surface area (Å²) in [5, 5.41) is 6.50. The number of rotatable bonds is 5. The number of aliphatic imine (C=N–C) groups is 1. The van der Waals surface area contributed by atoms with E-state index in [1.54, 1.807) is 0 Å². The van der Waals surface area contributed by atoms with Crippen molar-refractivity contribution in [2.75, 3.05) is 19.7 Å². The van der Waals surface area contributed by atoms with Crippen molar-refractivity contribution in [1.29, 1.82) is 0 Å². The van der Waals surface area contributed by atoms with E-state index in [2.05, 4.69) is 36.4 Å². The van der Waals surface area contributed by atoms with Gasteiger partial charge in [-0.1, -0.05) is 20.8 Å². The first-order valence-corrected chi connectivity index (χ1v) is 9.39. The van der Waals surface area contributed by atoms with Gasteiger partial charge in [-0.05, 0) is 43.4 Å². The molecule has 1 aliphatic rings. The highest BCUT2D eigenvalue weighted by Crippen LogP contribution is 2.33. The summed E-state index contributed by atoms with van der Waals surface area (Å²) in [6.07, 6.45) is 2.35. The summed E-state index contributed by atoms with van der Waals surface area (Å²) in [5.74, 6) is 0.0920. The summed E-state index contributed by atoms with van der Waals surface area (Å²) in [6.45, 7) is 10.9. The number of hydrogen-bond acceptors (Lipinski definition) is 2. The lowest BCUT2D eigenvalue weighted by atomic mass is 9.78. The van der Waals surface area contributed by atoms with Crippen LogP contribution < -0.4 is 10.6 Å². The molecule has 4 nitrogen and oxygen atoms in total. The number of nitrogens with zero attached hydrogens (tertiary/aromatic N) is 1. The average molecular weight is 495 g/mol. The van der Waals surface area contributed by atoms with Crippen molar-refractivity contribution in [3.05, 3.63) is 35.4 Å². The third kappa shape index (κ3) is 7.52. The van der Waals surface area contributed by atoms with Gasteiger partial charge in [0.05, 0.1) is 12.6 Å². The fourth-order valence-electron chi connectivity index (χ4n) is 3.41. The Kier molecular flexibility index (Phi) is 9.94. The Labute approximate surface area is 178 Å². The Bertz CT molecular complexity index is 620. The van der Waals surface area contributed by atoms with Gasteiger partial charge in [0, 0.05) is 31.2 Å². The van der Waals surface area contributed by atoms with Crippen LogP contribution in [0.5, 0.6) is 0 Å². The average Bonchev–Trinajstić information content (AvgIpc) is 2.59. The summed E-state index contributed by atoms with van der Waals surface area (Å²) >= 11 is 0. The van der Waals surface area contributed by atoms with Crippen LogP contribution in [0.15, 0.2) is 23.2 Å². The zero-order valence-corrected chi connectivity index (χ0v) is 19.0. The Balaban J connectivity index is 0.00000364. The van der Waals surface area contributed by atoms with E-state index in [9.17, 15) is 8.78 Å². The molecule has 27 heavy (non-hydrogen) atoms. The minimum atomic E-state index is -0.457. The molecule has 0 aliphatic carbocycles. The molecule has 0 amide bonds. The van der Waals surface area contributed by atoms with E-state index >= 15 is 0 Å². The quantitative estimate of drug-likeness (QED) is 0.360. The molecule has 1 aromatic carbocycles. The number of guanidine groups is 1. The minimum absolute atomic E-state index is 0. The Morgan fingerprint density at radius 2 is 2.00 bits per heavy atom. The van der Waals surface area contributed by atoms with Crippen LogP contribution in [0.2, 0.25) is 0 Å². The first-order valence-electron chi connectivity index (χ1n) is 9.39. The van der Waals surface area contributed by atoms with E-state index in [0.29, 0.717) is 18.4 Å². The second kappa shape index (κ2) is 11.1. The molecule has 0 spiro atoms. The van der Waals surface area contributed by atoms with Gasteiger partial charge in [-0.2, -0.15) is 0 Å². The SMILES string of the molecule is CCNC(=NCc1cc(F)ccc1F)NCC1CCCOC1C(C)(C)C.I. The summed E-state index contributed by atoms with van der Waals surface area (Å²) in [4.78, 5) is 4.40. The second-order valence-electron chi connectivity index (χ2n) is 7.87. The molecule has 2 rings (SSSR count). The number of hydrogen-bond donors (Lipinski definition) is 2. The Hall–Kier alpha value is -0.960. The molecule has 1 aliphatic heterocycles. The monoisotopic (exact) mass is 495 g/mol. The van der Waals surface area contributed by atoms with Crippen LogP contribution in [-0.2, 0) is 11.3 Å². The van der Waals surface area contributed by atoms with Crippen LogP contribution in [0.1, 0.15) is 46.1 Å². The zero-order valence-electron chi connectivity index (χ0n) is 16.6. The van der Waals surface area contributed by atoms with Gasteiger partial charge in [0.15, 0.2) is 5.96 Å². The molecule has 2 atom stereocenters. The van der Waals surface area contributed by atoms with Crippen LogP contribution in [0.3, 0.4) is 0 Å². The first-order chi connectivity index (χ1) is 12.3. The van der Waals surface area contributed by atoms with Crippen molar-refractivity contribution in [2.45, 2.75) is 53.2 Å². The van der Waals surface area contributed by atoms with Crippen LogP contribution in [0.4, 0.5) is 8.78 Å². The highest BCUT2D eigenvalue weighted by molar-refractivity contribution is 14.0. The number of ether oxygens (including phenoxy) is 1. The maximum absolute atomic E-state index is 13.8. The molecule has 1 fully saturated rings. The largest absolute Gasteiger partial charge is 0.377 e. The number of halogens is 3. The molecule has 7 heteroatoms. The Morgan fingerprint density at radius 3 is 2.67 bits per heavy atom. The summed E-state index contributed by atoms with van der Waals surface area (Å²) in [5.41, 5.74) is 0.322. The molecule has 154 valence electrons. The number of nitrogens with one attached hydrogen (secondary N) is 2. The van der Waals surface area contributed by atoms with Crippen molar-refractivity contribution in [3.63, 3.8) is 0 Å². The molecule has 1 aromatic rings. The third-order valence-corrected chi connectivity index (χ3v) is 4.59. The molecule has 2 unspecified atom stereocenters. The minimum Gasteiger partial charge on any atom is -0.377 e. The van der Waals surface area contributed by atoms with Gasteiger partial charge < -0.3 is 15.4 Å². The maximum Gasteiger partial charge on any atom is 0.191 e. The van der Waals surface area contributed by atoms with E-state index in [1.807, 2.05) is 6.92 Å². The summed E-state index contributed by atoms with van der Waals surface area (Å²) in [7, 11) is 0. The van der Waals surface area contributed by atoms with E-state index < -0.39 is 11.6 Å². The molecular formula is C20H32F2IN3O. The van der Waals surface area contributed by atoms with Gasteiger partial charge in [-0.15, -0.1) is 24.0 Å². The van der Waals surface area contributed by atoms with Gasteiger partial charge in [-0.3, -0.25) is 0 Å². The topological polar surface area (TPSA) is 45.7 Å². The first kappa shape index (κ1) is 24.1. The number of benzene rings is 1. The Morgan fingerprint density at radius 1 is 1.26 bits per heavy atom. The standard InChI is InChI=1S/C20H31F2N3O.HI/c1-5-23-19(25-13-15-11-16(21)8-9-17(15)22)24-12-14-7-6-10-26-18(14)20(2,3)4;/h8-9,11,14,18H,5-7,10,12-13H2,1-4H3,(H2,23,24,25);1H. The van der Waals surface area contributed by atoms with Gasteiger partial charge in [0.2, 0.25) is 0 Å². The lowest BCUT2D eigenvalue weighted by Crippen LogP contribution is -2.47. The van der Waals surface area contributed by atoms with Gasteiger partial charge in [-0.25, -0.2) is 13.8 Å². The summed E-state index contributed by atoms with van der Waals surface area (Å²) < 4.78 is 33.1. The van der Waals surface area contributed by atoms with Crippen LogP contribution in [-0.4, -0.2) is 31.8 Å². The van der Waals surface area contributed by atoms with E-state index in [0.717, 1.165) is 38.1 Å². The van der Waals surface area contributed by atoms with Crippen molar-refractivity contribution < 1.29 is 13.5 Å². The van der Waals surface area contributed by atoms with Gasteiger partial charge >= 0.3 is 0 Å². The normalized spacial score (nSPS) is 20.7. The highest BCUT2D eigenvalue weighted by atomic mass is 127.